The second-order valence-electron chi connectivity index (χ2n) is 4.91. The van der Waals surface area contributed by atoms with Crippen LogP contribution >= 0.6 is 12.4 Å². The van der Waals surface area contributed by atoms with Crippen molar-refractivity contribution in [1.29, 1.82) is 0 Å². The summed E-state index contributed by atoms with van der Waals surface area (Å²) in [6.07, 6.45) is 1.44. The van der Waals surface area contributed by atoms with Gasteiger partial charge in [0.15, 0.2) is 0 Å². The van der Waals surface area contributed by atoms with E-state index < -0.39 is 6.09 Å². The number of carboxylic acid groups (broad SMARTS) is 1. The number of benzene rings is 1. The number of halogens is 1. The summed E-state index contributed by atoms with van der Waals surface area (Å²) in [4.78, 5) is 12.1. The number of hydrogen-bond acceptors (Lipinski definition) is 2. The van der Waals surface area contributed by atoms with Gasteiger partial charge in [-0.3, -0.25) is 0 Å². The maximum atomic E-state index is 10.8. The summed E-state index contributed by atoms with van der Waals surface area (Å²) in [5.74, 6) is 0.612. The molecule has 5 heteroatoms. The van der Waals surface area contributed by atoms with Gasteiger partial charge in [0.05, 0.1) is 0 Å². The van der Waals surface area contributed by atoms with Crippen LogP contribution in [0.1, 0.15) is 29.9 Å². The average Bonchev–Trinajstić information content (AvgIpc) is 2.40. The number of amides is 1. The topological polar surface area (TPSA) is 52.6 Å². The molecule has 106 valence electrons. The zero-order valence-corrected chi connectivity index (χ0v) is 11.9. The number of hydrogen-bond donors (Lipinski definition) is 2. The van der Waals surface area contributed by atoms with Crippen molar-refractivity contribution in [2.24, 2.45) is 0 Å². The van der Waals surface area contributed by atoms with Gasteiger partial charge in [0, 0.05) is 13.6 Å². The number of nitrogens with zero attached hydrogens (tertiary/aromatic N) is 1. The number of carbonyl (C=O) groups is 1. The molecule has 19 heavy (non-hydrogen) atoms. The summed E-state index contributed by atoms with van der Waals surface area (Å²) in [5.41, 5.74) is 2.41. The zero-order chi connectivity index (χ0) is 13.0. The summed E-state index contributed by atoms with van der Waals surface area (Å²) in [6, 6.07) is 8.32. The predicted octanol–water partition coefficient (Wildman–Crippen LogP) is 2.69. The third-order valence-corrected chi connectivity index (χ3v) is 3.51. The van der Waals surface area contributed by atoms with Crippen LogP contribution in [0.25, 0.3) is 0 Å². The first-order valence-corrected chi connectivity index (χ1v) is 6.40. The van der Waals surface area contributed by atoms with Crippen LogP contribution in [0, 0.1) is 0 Å². The first kappa shape index (κ1) is 15.8. The Kier molecular flexibility index (Phi) is 6.12. The molecule has 0 aliphatic carbocycles. The van der Waals surface area contributed by atoms with E-state index in [0.717, 1.165) is 31.5 Å². The van der Waals surface area contributed by atoms with E-state index in [0.29, 0.717) is 12.5 Å². The van der Waals surface area contributed by atoms with Gasteiger partial charge in [-0.25, -0.2) is 4.79 Å². The molecule has 1 fully saturated rings. The maximum absolute atomic E-state index is 10.8. The normalized spacial score (nSPS) is 15.6. The summed E-state index contributed by atoms with van der Waals surface area (Å²) in [7, 11) is 1.60. The zero-order valence-electron chi connectivity index (χ0n) is 11.1. The summed E-state index contributed by atoms with van der Waals surface area (Å²) in [6.45, 7) is 2.60. The van der Waals surface area contributed by atoms with Crippen LogP contribution in [0.2, 0.25) is 0 Å². The Morgan fingerprint density at radius 2 is 2.11 bits per heavy atom. The highest BCUT2D eigenvalue weighted by atomic mass is 35.5. The minimum Gasteiger partial charge on any atom is -0.465 e. The lowest BCUT2D eigenvalue weighted by atomic mass is 9.89. The molecule has 1 aliphatic rings. The van der Waals surface area contributed by atoms with E-state index in [1.807, 2.05) is 12.1 Å². The lowest BCUT2D eigenvalue weighted by molar-refractivity contribution is 0.153. The van der Waals surface area contributed by atoms with Crippen molar-refractivity contribution in [3.8, 4) is 0 Å². The minimum absolute atomic E-state index is 0. The molecule has 0 spiro atoms. The van der Waals surface area contributed by atoms with Crippen LogP contribution in [-0.4, -0.2) is 36.2 Å². The molecule has 0 radical (unpaired) electrons. The molecule has 4 nitrogen and oxygen atoms in total. The predicted molar refractivity (Wildman–Crippen MR) is 78.0 cm³/mol. The van der Waals surface area contributed by atoms with Crippen molar-refractivity contribution in [3.05, 3.63) is 35.4 Å². The highest BCUT2D eigenvalue weighted by Crippen LogP contribution is 2.25. The first-order valence-electron chi connectivity index (χ1n) is 6.40. The molecule has 1 aromatic rings. The molecule has 1 aliphatic heterocycles. The van der Waals surface area contributed by atoms with Gasteiger partial charge < -0.3 is 15.3 Å². The molecular weight excluding hydrogens is 264 g/mol. The second kappa shape index (κ2) is 7.36. The largest absolute Gasteiger partial charge is 0.465 e. The molecule has 0 aromatic heterocycles. The summed E-state index contributed by atoms with van der Waals surface area (Å²) >= 11 is 0. The van der Waals surface area contributed by atoms with Crippen molar-refractivity contribution < 1.29 is 9.90 Å². The van der Waals surface area contributed by atoms with Crippen LogP contribution < -0.4 is 5.32 Å². The van der Waals surface area contributed by atoms with Crippen LogP contribution in [0.3, 0.4) is 0 Å². The number of piperidine rings is 1. The van der Waals surface area contributed by atoms with Gasteiger partial charge in [0.2, 0.25) is 0 Å². The number of nitrogens with one attached hydrogen (secondary N) is 1. The number of rotatable bonds is 3. The van der Waals surface area contributed by atoms with Crippen molar-refractivity contribution in [1.82, 2.24) is 10.2 Å². The van der Waals surface area contributed by atoms with Crippen LogP contribution in [-0.2, 0) is 6.54 Å². The molecule has 0 bridgehead atoms. The van der Waals surface area contributed by atoms with Gasteiger partial charge in [0.25, 0.3) is 0 Å². The van der Waals surface area contributed by atoms with Crippen LogP contribution in [0.15, 0.2) is 24.3 Å². The van der Waals surface area contributed by atoms with Crippen molar-refractivity contribution in [3.63, 3.8) is 0 Å². The van der Waals surface area contributed by atoms with Gasteiger partial charge in [-0.1, -0.05) is 24.3 Å². The first-order chi connectivity index (χ1) is 8.66. The van der Waals surface area contributed by atoms with Gasteiger partial charge in [-0.05, 0) is 43.0 Å². The van der Waals surface area contributed by atoms with Gasteiger partial charge in [-0.2, -0.15) is 0 Å². The van der Waals surface area contributed by atoms with Gasteiger partial charge >= 0.3 is 6.09 Å². The fourth-order valence-corrected chi connectivity index (χ4v) is 2.44. The summed E-state index contributed by atoms with van der Waals surface area (Å²) in [5, 5.41) is 12.2. The fourth-order valence-electron chi connectivity index (χ4n) is 2.44. The Hall–Kier alpha value is -1.26. The molecule has 0 unspecified atom stereocenters. The molecular formula is C14H21ClN2O2. The van der Waals surface area contributed by atoms with Gasteiger partial charge in [-0.15, -0.1) is 12.4 Å². The Bertz CT molecular complexity index is 420. The Morgan fingerprint density at radius 1 is 1.42 bits per heavy atom. The third-order valence-electron chi connectivity index (χ3n) is 3.51. The smallest absolute Gasteiger partial charge is 0.407 e. The van der Waals surface area contributed by atoms with Crippen molar-refractivity contribution >= 4 is 18.5 Å². The second-order valence-corrected chi connectivity index (χ2v) is 4.91. The molecule has 1 amide bonds. The van der Waals surface area contributed by atoms with E-state index in [-0.39, 0.29) is 12.4 Å². The standard InChI is InChI=1S/C14H20N2O2.ClH/c1-16(14(17)18)10-11-3-2-4-13(9-11)12-5-7-15-8-6-12;/h2-4,9,12,15H,5-8,10H2,1H3,(H,17,18);1H. The maximum Gasteiger partial charge on any atom is 0.407 e. The Morgan fingerprint density at radius 3 is 2.74 bits per heavy atom. The summed E-state index contributed by atoms with van der Waals surface area (Å²) < 4.78 is 0. The van der Waals surface area contributed by atoms with Crippen molar-refractivity contribution in [2.75, 3.05) is 20.1 Å². The molecule has 0 atom stereocenters. The van der Waals surface area contributed by atoms with Crippen LogP contribution in [0.4, 0.5) is 4.79 Å². The SMILES string of the molecule is CN(Cc1cccc(C2CCNCC2)c1)C(=O)O.Cl. The molecule has 2 N–H and O–H groups in total. The third kappa shape index (κ3) is 4.40. The van der Waals surface area contributed by atoms with E-state index in [4.69, 9.17) is 5.11 Å². The van der Waals surface area contributed by atoms with Gasteiger partial charge in [0.1, 0.15) is 0 Å². The molecule has 1 heterocycles. The molecule has 1 aromatic carbocycles. The Balaban J connectivity index is 0.00000180. The van der Waals surface area contributed by atoms with E-state index in [1.165, 1.54) is 10.5 Å². The molecule has 0 saturated carbocycles. The molecule has 1 saturated heterocycles. The quantitative estimate of drug-likeness (QED) is 0.897. The lowest BCUT2D eigenvalue weighted by Gasteiger charge is -2.23. The minimum atomic E-state index is -0.887. The van der Waals surface area contributed by atoms with E-state index >= 15 is 0 Å². The lowest BCUT2D eigenvalue weighted by Crippen LogP contribution is -2.27. The van der Waals surface area contributed by atoms with E-state index in [9.17, 15) is 4.79 Å². The fraction of sp³-hybridized carbons (Fsp3) is 0.500. The van der Waals surface area contributed by atoms with Crippen molar-refractivity contribution in [2.45, 2.75) is 25.3 Å². The highest BCUT2D eigenvalue weighted by molar-refractivity contribution is 5.85. The monoisotopic (exact) mass is 284 g/mol. The average molecular weight is 285 g/mol. The highest BCUT2D eigenvalue weighted by Gasteiger charge is 2.15. The van der Waals surface area contributed by atoms with E-state index in [2.05, 4.69) is 17.4 Å². The molecule has 2 rings (SSSR count). The van der Waals surface area contributed by atoms with E-state index in [1.54, 1.807) is 7.05 Å². The Labute approximate surface area is 120 Å². The van der Waals surface area contributed by atoms with Crippen LogP contribution in [0.5, 0.6) is 0 Å².